The maximum Gasteiger partial charge on any atom is 0.117 e. The lowest BCUT2D eigenvalue weighted by atomic mass is 9.93. The minimum absolute atomic E-state index is 1.02. The molecule has 0 N–H and O–H groups in total. The van der Waals surface area contributed by atoms with Crippen LogP contribution < -0.4 is 0 Å². The fraction of sp³-hybridized carbons (Fsp3) is 0.429. The van der Waals surface area contributed by atoms with E-state index in [0.29, 0.717) is 0 Å². The van der Waals surface area contributed by atoms with Crippen molar-refractivity contribution in [2.75, 3.05) is 0 Å². The van der Waals surface area contributed by atoms with Gasteiger partial charge in [-0.25, -0.2) is 0 Å². The van der Waals surface area contributed by atoms with Gasteiger partial charge in [0.1, 0.15) is 11.0 Å². The van der Waals surface area contributed by atoms with Gasteiger partial charge >= 0.3 is 0 Å². The molecule has 24 heavy (non-hydrogen) atoms. The minimum Gasteiger partial charge on any atom is -0.150 e. The molecule has 3 rings (SSSR count). The number of nitrogens with zero attached hydrogens (tertiary/aromatic N) is 3. The molecule has 0 unspecified atom stereocenters. The van der Waals surface area contributed by atoms with Crippen LogP contribution in [-0.2, 0) is 0 Å². The molecule has 0 saturated heterocycles. The highest BCUT2D eigenvalue weighted by Crippen LogP contribution is 2.31. The third kappa shape index (κ3) is 2.10. The third-order valence-corrected chi connectivity index (χ3v) is 6.17. The molecular formula is C21H27N3. The summed E-state index contributed by atoms with van der Waals surface area (Å²) in [5.74, 6) is 0. The highest BCUT2D eigenvalue weighted by Gasteiger charge is 2.19. The second-order valence-corrected chi connectivity index (χ2v) is 7.16. The highest BCUT2D eigenvalue weighted by atomic mass is 15.5. The Hall–Kier alpha value is -2.16. The molecule has 0 aliphatic rings. The van der Waals surface area contributed by atoms with Crippen LogP contribution in [0.2, 0.25) is 0 Å². The van der Waals surface area contributed by atoms with E-state index in [1.54, 1.807) is 0 Å². The van der Waals surface area contributed by atoms with Crippen molar-refractivity contribution in [2.24, 2.45) is 0 Å². The molecule has 2 aromatic carbocycles. The summed E-state index contributed by atoms with van der Waals surface area (Å²) in [6.45, 7) is 19.6. The van der Waals surface area contributed by atoms with Crippen molar-refractivity contribution >= 4 is 11.0 Å². The average molecular weight is 321 g/mol. The third-order valence-electron chi connectivity index (χ3n) is 6.17. The standard InChI is InChI=1S/C21H27N3/c1-10-13(4)17(8)21(18(9)14(10)5)24-22-19-15(6)11(2)12(3)16(7)20(19)23-24/h1-9H3. The van der Waals surface area contributed by atoms with Crippen molar-refractivity contribution in [1.29, 1.82) is 0 Å². The van der Waals surface area contributed by atoms with Crippen molar-refractivity contribution in [3.63, 3.8) is 0 Å². The van der Waals surface area contributed by atoms with Crippen LogP contribution in [0.15, 0.2) is 0 Å². The highest BCUT2D eigenvalue weighted by molar-refractivity contribution is 5.84. The quantitative estimate of drug-likeness (QED) is 0.617. The summed E-state index contributed by atoms with van der Waals surface area (Å²) < 4.78 is 0. The summed E-state index contributed by atoms with van der Waals surface area (Å²) in [7, 11) is 0. The van der Waals surface area contributed by atoms with E-state index < -0.39 is 0 Å². The summed E-state index contributed by atoms with van der Waals surface area (Å²) >= 11 is 0. The van der Waals surface area contributed by atoms with Gasteiger partial charge in [-0.3, -0.25) is 0 Å². The first-order valence-corrected chi connectivity index (χ1v) is 8.57. The van der Waals surface area contributed by atoms with E-state index in [1.807, 2.05) is 4.80 Å². The first-order chi connectivity index (χ1) is 11.2. The number of benzene rings is 2. The summed E-state index contributed by atoms with van der Waals surface area (Å²) in [5, 5.41) is 9.77. The Balaban J connectivity index is 2.42. The average Bonchev–Trinajstić information content (AvgIpc) is 2.99. The Bertz CT molecular complexity index is 917. The van der Waals surface area contributed by atoms with Crippen molar-refractivity contribution in [3.8, 4) is 5.69 Å². The van der Waals surface area contributed by atoms with Crippen molar-refractivity contribution in [1.82, 2.24) is 15.0 Å². The molecule has 1 heterocycles. The van der Waals surface area contributed by atoms with E-state index in [0.717, 1.165) is 16.7 Å². The van der Waals surface area contributed by atoms with Gasteiger partial charge in [-0.1, -0.05) is 0 Å². The van der Waals surface area contributed by atoms with E-state index in [2.05, 4.69) is 62.3 Å². The Morgan fingerprint density at radius 1 is 0.417 bits per heavy atom. The maximum absolute atomic E-state index is 4.88. The smallest absolute Gasteiger partial charge is 0.117 e. The van der Waals surface area contributed by atoms with Gasteiger partial charge in [0, 0.05) is 0 Å². The molecule has 0 aliphatic heterocycles. The second-order valence-electron chi connectivity index (χ2n) is 7.16. The van der Waals surface area contributed by atoms with Gasteiger partial charge in [-0.2, -0.15) is 0 Å². The van der Waals surface area contributed by atoms with Crippen LogP contribution in [0.3, 0.4) is 0 Å². The Morgan fingerprint density at radius 3 is 1.08 bits per heavy atom. The summed E-state index contributed by atoms with van der Waals surface area (Å²) in [4.78, 5) is 1.85. The van der Waals surface area contributed by atoms with Crippen LogP contribution in [0, 0.1) is 62.3 Å². The normalized spacial score (nSPS) is 11.5. The monoisotopic (exact) mass is 321 g/mol. The van der Waals surface area contributed by atoms with Crippen LogP contribution in [0.1, 0.15) is 50.1 Å². The topological polar surface area (TPSA) is 30.7 Å². The van der Waals surface area contributed by atoms with Crippen molar-refractivity contribution in [3.05, 3.63) is 50.1 Å². The molecule has 0 saturated carbocycles. The number of aromatic nitrogens is 3. The maximum atomic E-state index is 4.88. The molecule has 0 aliphatic carbocycles. The lowest BCUT2D eigenvalue weighted by Gasteiger charge is -2.17. The van der Waals surface area contributed by atoms with Gasteiger partial charge in [0.05, 0.1) is 5.69 Å². The predicted molar refractivity (Wildman–Crippen MR) is 101 cm³/mol. The van der Waals surface area contributed by atoms with Crippen LogP contribution in [0.5, 0.6) is 0 Å². The molecule has 0 bridgehead atoms. The van der Waals surface area contributed by atoms with Gasteiger partial charge in [0.25, 0.3) is 0 Å². The van der Waals surface area contributed by atoms with Gasteiger partial charge in [0.15, 0.2) is 0 Å². The number of hydrogen-bond donors (Lipinski definition) is 0. The molecule has 0 atom stereocenters. The number of fused-ring (bicyclic) bond motifs is 1. The molecule has 3 nitrogen and oxygen atoms in total. The van der Waals surface area contributed by atoms with E-state index in [-0.39, 0.29) is 0 Å². The zero-order valence-electron chi connectivity index (χ0n) is 16.3. The molecule has 3 heteroatoms. The predicted octanol–water partition coefficient (Wildman–Crippen LogP) is 5.20. The van der Waals surface area contributed by atoms with Crippen LogP contribution in [0.25, 0.3) is 16.7 Å². The molecule has 1 aromatic heterocycles. The zero-order chi connectivity index (χ0) is 17.9. The molecule has 0 fully saturated rings. The van der Waals surface area contributed by atoms with Gasteiger partial charge < -0.3 is 0 Å². The van der Waals surface area contributed by atoms with Crippen LogP contribution in [0.4, 0.5) is 0 Å². The van der Waals surface area contributed by atoms with Gasteiger partial charge in [0.2, 0.25) is 0 Å². The molecule has 3 aromatic rings. The lowest BCUT2D eigenvalue weighted by molar-refractivity contribution is 0.751. The molecular weight excluding hydrogens is 294 g/mol. The van der Waals surface area contributed by atoms with E-state index in [1.165, 1.54) is 50.1 Å². The lowest BCUT2D eigenvalue weighted by Crippen LogP contribution is -2.08. The van der Waals surface area contributed by atoms with Gasteiger partial charge in [-0.05, 0) is 112 Å². The zero-order valence-corrected chi connectivity index (χ0v) is 16.3. The van der Waals surface area contributed by atoms with E-state index in [4.69, 9.17) is 10.2 Å². The van der Waals surface area contributed by atoms with Crippen LogP contribution >= 0.6 is 0 Å². The Labute approximate surface area is 144 Å². The van der Waals surface area contributed by atoms with Crippen molar-refractivity contribution < 1.29 is 0 Å². The molecule has 126 valence electrons. The second kappa shape index (κ2) is 5.44. The van der Waals surface area contributed by atoms with Crippen LogP contribution in [-0.4, -0.2) is 15.0 Å². The minimum atomic E-state index is 1.02. The first-order valence-electron chi connectivity index (χ1n) is 8.57. The van der Waals surface area contributed by atoms with E-state index in [9.17, 15) is 0 Å². The van der Waals surface area contributed by atoms with E-state index >= 15 is 0 Å². The largest absolute Gasteiger partial charge is 0.150 e. The van der Waals surface area contributed by atoms with Gasteiger partial charge in [-0.15, -0.1) is 15.0 Å². The van der Waals surface area contributed by atoms with Crippen molar-refractivity contribution in [2.45, 2.75) is 62.3 Å². The summed E-state index contributed by atoms with van der Waals surface area (Å²) in [5.41, 5.74) is 14.8. The molecule has 0 amide bonds. The first kappa shape index (κ1) is 16.7. The number of hydrogen-bond acceptors (Lipinski definition) is 2. The number of aryl methyl sites for hydroxylation is 2. The summed E-state index contributed by atoms with van der Waals surface area (Å²) in [6.07, 6.45) is 0. The SMILES string of the molecule is Cc1c(C)c(C)c(-n2nc3c(C)c(C)c(C)c(C)c3n2)c(C)c1C. The Kier molecular flexibility index (Phi) is 3.78. The fourth-order valence-electron chi connectivity index (χ4n) is 3.61. The number of rotatable bonds is 1. The summed E-state index contributed by atoms with van der Waals surface area (Å²) in [6, 6.07) is 0. The molecule has 0 radical (unpaired) electrons. The fourth-order valence-corrected chi connectivity index (χ4v) is 3.61. The molecule has 0 spiro atoms. The Morgan fingerprint density at radius 2 is 0.708 bits per heavy atom.